The molecule has 1 aromatic carbocycles. The van der Waals surface area contributed by atoms with E-state index in [4.69, 9.17) is 0 Å². The van der Waals surface area contributed by atoms with Gasteiger partial charge in [0.25, 0.3) is 5.56 Å². The van der Waals surface area contributed by atoms with Gasteiger partial charge in [-0.25, -0.2) is 5.43 Å². The number of H-pyrrole nitrogens is 1. The normalized spacial score (nSPS) is 10.8. The fourth-order valence-electron chi connectivity index (χ4n) is 1.19. The number of aromatic nitrogens is 3. The zero-order valence-corrected chi connectivity index (χ0v) is 11.1. The summed E-state index contributed by atoms with van der Waals surface area (Å²) in [4.78, 5) is 13.8. The summed E-state index contributed by atoms with van der Waals surface area (Å²) in [5.41, 5.74) is 3.54. The number of nitrogens with one attached hydrogen (secondary N) is 2. The molecular formula is C11H10BrN5O. The Kier molecular flexibility index (Phi) is 3.83. The minimum atomic E-state index is -0.288. The van der Waals surface area contributed by atoms with Crippen LogP contribution in [0.1, 0.15) is 11.3 Å². The van der Waals surface area contributed by atoms with Crippen molar-refractivity contribution in [2.24, 2.45) is 5.10 Å². The van der Waals surface area contributed by atoms with Crippen molar-refractivity contribution in [3.8, 4) is 0 Å². The molecule has 0 saturated carbocycles. The number of benzene rings is 1. The van der Waals surface area contributed by atoms with Crippen LogP contribution in [0.2, 0.25) is 0 Å². The van der Waals surface area contributed by atoms with E-state index in [-0.39, 0.29) is 11.5 Å². The Labute approximate surface area is 111 Å². The first-order valence-electron chi connectivity index (χ1n) is 5.14. The van der Waals surface area contributed by atoms with Gasteiger partial charge in [0.05, 0.1) is 6.21 Å². The molecule has 0 spiro atoms. The Hall–Kier alpha value is -2.02. The van der Waals surface area contributed by atoms with Gasteiger partial charge >= 0.3 is 0 Å². The predicted molar refractivity (Wildman–Crippen MR) is 72.7 cm³/mol. The highest BCUT2D eigenvalue weighted by Crippen LogP contribution is 2.13. The SMILES string of the molecule is Cc1nnc(NN=Cc2ccccc2Br)[nH]c1=O. The van der Waals surface area contributed by atoms with Crippen molar-refractivity contribution in [3.05, 3.63) is 50.3 Å². The topological polar surface area (TPSA) is 83.0 Å². The molecule has 0 aliphatic rings. The highest BCUT2D eigenvalue weighted by atomic mass is 79.9. The summed E-state index contributed by atoms with van der Waals surface area (Å²) in [7, 11) is 0. The van der Waals surface area contributed by atoms with E-state index in [9.17, 15) is 4.79 Å². The molecule has 0 bridgehead atoms. The number of hydrazone groups is 1. The summed E-state index contributed by atoms with van der Waals surface area (Å²) >= 11 is 3.40. The molecule has 0 amide bonds. The maximum Gasteiger partial charge on any atom is 0.274 e. The molecule has 92 valence electrons. The van der Waals surface area contributed by atoms with Crippen molar-refractivity contribution < 1.29 is 0 Å². The quantitative estimate of drug-likeness (QED) is 0.667. The van der Waals surface area contributed by atoms with Crippen molar-refractivity contribution in [1.82, 2.24) is 15.2 Å². The smallest absolute Gasteiger partial charge is 0.274 e. The second-order valence-electron chi connectivity index (χ2n) is 3.48. The van der Waals surface area contributed by atoms with Gasteiger partial charge in [0.2, 0.25) is 5.95 Å². The molecule has 0 unspecified atom stereocenters. The second-order valence-corrected chi connectivity index (χ2v) is 4.33. The fourth-order valence-corrected chi connectivity index (χ4v) is 1.57. The Morgan fingerprint density at radius 1 is 1.39 bits per heavy atom. The first kappa shape index (κ1) is 12.4. The van der Waals surface area contributed by atoms with E-state index in [2.05, 4.69) is 41.6 Å². The van der Waals surface area contributed by atoms with Crippen molar-refractivity contribution in [2.75, 3.05) is 5.43 Å². The van der Waals surface area contributed by atoms with Crippen molar-refractivity contribution in [2.45, 2.75) is 6.92 Å². The van der Waals surface area contributed by atoms with Crippen LogP contribution in [0.25, 0.3) is 0 Å². The minimum Gasteiger partial charge on any atom is -0.288 e. The van der Waals surface area contributed by atoms with Gasteiger partial charge in [-0.15, -0.1) is 10.2 Å². The van der Waals surface area contributed by atoms with Crippen LogP contribution in [0.4, 0.5) is 5.95 Å². The van der Waals surface area contributed by atoms with E-state index in [1.165, 1.54) is 0 Å². The molecule has 6 nitrogen and oxygen atoms in total. The average Bonchev–Trinajstić information content (AvgIpc) is 2.36. The van der Waals surface area contributed by atoms with Gasteiger partial charge in [-0.05, 0) is 13.0 Å². The molecule has 1 aromatic heterocycles. The van der Waals surface area contributed by atoms with Crippen LogP contribution < -0.4 is 11.0 Å². The van der Waals surface area contributed by atoms with Gasteiger partial charge in [0, 0.05) is 10.0 Å². The number of aromatic amines is 1. The number of hydrogen-bond donors (Lipinski definition) is 2. The lowest BCUT2D eigenvalue weighted by Gasteiger charge is -1.99. The number of halogens is 1. The molecule has 0 aliphatic heterocycles. The van der Waals surface area contributed by atoms with Gasteiger partial charge in [0.15, 0.2) is 0 Å². The largest absolute Gasteiger partial charge is 0.288 e. The van der Waals surface area contributed by atoms with Gasteiger partial charge in [-0.1, -0.05) is 34.1 Å². The highest BCUT2D eigenvalue weighted by molar-refractivity contribution is 9.10. The summed E-state index contributed by atoms with van der Waals surface area (Å²) < 4.78 is 0.930. The second kappa shape index (κ2) is 5.54. The van der Waals surface area contributed by atoms with Crippen molar-refractivity contribution in [1.29, 1.82) is 0 Å². The zero-order valence-electron chi connectivity index (χ0n) is 9.51. The average molecular weight is 308 g/mol. The molecule has 18 heavy (non-hydrogen) atoms. The maximum atomic E-state index is 11.3. The van der Waals surface area contributed by atoms with Gasteiger partial charge in [-0.3, -0.25) is 9.78 Å². The first-order chi connectivity index (χ1) is 8.66. The molecule has 0 radical (unpaired) electrons. The van der Waals surface area contributed by atoms with Crippen molar-refractivity contribution >= 4 is 28.1 Å². The van der Waals surface area contributed by atoms with E-state index in [1.807, 2.05) is 24.3 Å². The molecule has 2 N–H and O–H groups in total. The van der Waals surface area contributed by atoms with Crippen LogP contribution in [0.15, 0.2) is 38.6 Å². The van der Waals surface area contributed by atoms with E-state index in [0.29, 0.717) is 5.69 Å². The lowest BCUT2D eigenvalue weighted by atomic mass is 10.2. The number of rotatable bonds is 3. The monoisotopic (exact) mass is 307 g/mol. The van der Waals surface area contributed by atoms with E-state index in [0.717, 1.165) is 10.0 Å². The van der Waals surface area contributed by atoms with Crippen molar-refractivity contribution in [3.63, 3.8) is 0 Å². The molecule has 0 atom stereocenters. The van der Waals surface area contributed by atoms with Gasteiger partial charge in [0.1, 0.15) is 5.69 Å². The van der Waals surface area contributed by atoms with Crippen LogP contribution in [-0.4, -0.2) is 21.4 Å². The molecule has 2 rings (SSSR count). The summed E-state index contributed by atoms with van der Waals surface area (Å²) in [5.74, 6) is 0.203. The predicted octanol–water partition coefficient (Wildman–Crippen LogP) is 1.68. The third-order valence-corrected chi connectivity index (χ3v) is 2.86. The molecular weight excluding hydrogens is 298 g/mol. The summed E-state index contributed by atoms with van der Waals surface area (Å²) in [5, 5.41) is 11.4. The number of aryl methyl sites for hydroxylation is 1. The van der Waals surface area contributed by atoms with Crippen LogP contribution in [0.3, 0.4) is 0 Å². The van der Waals surface area contributed by atoms with Gasteiger partial charge in [-0.2, -0.15) is 5.10 Å². The minimum absolute atomic E-state index is 0.203. The lowest BCUT2D eigenvalue weighted by Crippen LogP contribution is -2.15. The van der Waals surface area contributed by atoms with Gasteiger partial charge < -0.3 is 0 Å². The van der Waals surface area contributed by atoms with Crippen LogP contribution in [-0.2, 0) is 0 Å². The fraction of sp³-hybridized carbons (Fsp3) is 0.0909. The zero-order chi connectivity index (χ0) is 13.0. The van der Waals surface area contributed by atoms with Crippen LogP contribution in [0, 0.1) is 6.92 Å². The third-order valence-electron chi connectivity index (χ3n) is 2.14. The standard InChI is InChI=1S/C11H10BrN5O/c1-7-10(18)14-11(17-15-7)16-13-6-8-4-2-3-5-9(8)12/h2-6H,1H3,(H2,14,16,17,18). The molecule has 0 saturated heterocycles. The molecule has 7 heteroatoms. The third kappa shape index (κ3) is 3.01. The van der Waals surface area contributed by atoms with E-state index >= 15 is 0 Å². The number of hydrogen-bond acceptors (Lipinski definition) is 5. The summed E-state index contributed by atoms with van der Waals surface area (Å²) in [6.45, 7) is 1.58. The lowest BCUT2D eigenvalue weighted by molar-refractivity contribution is 0.897. The van der Waals surface area contributed by atoms with Crippen LogP contribution in [0.5, 0.6) is 0 Å². The molecule has 1 heterocycles. The Morgan fingerprint density at radius 3 is 2.89 bits per heavy atom. The van der Waals surface area contributed by atoms with E-state index in [1.54, 1.807) is 13.1 Å². The molecule has 0 aliphatic carbocycles. The van der Waals surface area contributed by atoms with Crippen LogP contribution >= 0.6 is 15.9 Å². The summed E-state index contributed by atoms with van der Waals surface area (Å²) in [6, 6.07) is 7.63. The number of nitrogens with zero attached hydrogens (tertiary/aromatic N) is 3. The Bertz CT molecular complexity index is 637. The Morgan fingerprint density at radius 2 is 2.17 bits per heavy atom. The van der Waals surface area contributed by atoms with E-state index < -0.39 is 0 Å². The highest BCUT2D eigenvalue weighted by Gasteiger charge is 1.98. The Balaban J connectivity index is 2.10. The first-order valence-corrected chi connectivity index (χ1v) is 5.93. The maximum absolute atomic E-state index is 11.3. The number of anilines is 1. The molecule has 2 aromatic rings. The summed E-state index contributed by atoms with van der Waals surface area (Å²) in [6.07, 6.45) is 1.62. The molecule has 0 fully saturated rings.